The van der Waals surface area contributed by atoms with Crippen LogP contribution in [0.5, 0.6) is 5.75 Å². The van der Waals surface area contributed by atoms with Gasteiger partial charge in [-0.05, 0) is 61.4 Å². The van der Waals surface area contributed by atoms with Crippen LogP contribution in [-0.2, 0) is 16.1 Å². The first kappa shape index (κ1) is 20.6. The molecule has 0 N–H and O–H groups in total. The third kappa shape index (κ3) is 4.58. The largest absolute Gasteiger partial charge is 0.491 e. The number of anilines is 1. The van der Waals surface area contributed by atoms with Crippen molar-refractivity contribution in [2.75, 3.05) is 11.4 Å². The average molecular weight is 415 g/mol. The van der Waals surface area contributed by atoms with Gasteiger partial charge in [0.2, 0.25) is 5.91 Å². The molecule has 158 valence electrons. The predicted octanol–water partition coefficient (Wildman–Crippen LogP) is 3.99. The Morgan fingerprint density at radius 3 is 2.29 bits per heavy atom. The minimum atomic E-state index is -0.712. The lowest BCUT2D eigenvalue weighted by atomic mass is 10.0. The molecule has 6 heteroatoms. The number of nitrogens with zero attached hydrogens (tertiary/aromatic N) is 3. The summed E-state index contributed by atoms with van der Waals surface area (Å²) < 4.78 is 5.70. The highest BCUT2D eigenvalue weighted by molar-refractivity contribution is 6.06. The molecule has 0 unspecified atom stereocenters. The number of hydrogen-bond donors (Lipinski definition) is 0. The van der Waals surface area contributed by atoms with Crippen molar-refractivity contribution in [1.29, 1.82) is 0 Å². The number of para-hydroxylation sites is 1. The monoisotopic (exact) mass is 415 g/mol. The third-order valence-corrected chi connectivity index (χ3v) is 5.16. The van der Waals surface area contributed by atoms with Gasteiger partial charge in [0.05, 0.1) is 6.10 Å². The molecule has 2 heterocycles. The fourth-order valence-electron chi connectivity index (χ4n) is 3.75. The van der Waals surface area contributed by atoms with Crippen molar-refractivity contribution >= 4 is 17.5 Å². The molecule has 1 aliphatic heterocycles. The number of carbonyl (C=O) groups is 2. The highest BCUT2D eigenvalue weighted by Crippen LogP contribution is 2.31. The Morgan fingerprint density at radius 2 is 1.65 bits per heavy atom. The summed E-state index contributed by atoms with van der Waals surface area (Å²) in [6.45, 7) is 4.30. The maximum Gasteiger partial charge on any atom is 0.254 e. The minimum absolute atomic E-state index is 0.0129. The van der Waals surface area contributed by atoms with Crippen molar-refractivity contribution in [3.8, 4) is 5.75 Å². The average Bonchev–Trinajstić information content (AvgIpc) is 2.78. The van der Waals surface area contributed by atoms with Gasteiger partial charge in [0.15, 0.2) is 0 Å². The van der Waals surface area contributed by atoms with Crippen LogP contribution in [0.3, 0.4) is 0 Å². The predicted molar refractivity (Wildman–Crippen MR) is 119 cm³/mol. The van der Waals surface area contributed by atoms with E-state index in [1.165, 1.54) is 0 Å². The minimum Gasteiger partial charge on any atom is -0.491 e. The molecule has 6 nitrogen and oxygen atoms in total. The van der Waals surface area contributed by atoms with Gasteiger partial charge in [-0.1, -0.05) is 30.3 Å². The van der Waals surface area contributed by atoms with Gasteiger partial charge in [-0.3, -0.25) is 14.6 Å². The molecule has 0 spiro atoms. The van der Waals surface area contributed by atoms with E-state index < -0.39 is 6.04 Å². The number of carbonyl (C=O) groups excluding carboxylic acids is 2. The maximum atomic E-state index is 13.5. The summed E-state index contributed by atoms with van der Waals surface area (Å²) in [7, 11) is 0. The second-order valence-corrected chi connectivity index (χ2v) is 7.78. The van der Waals surface area contributed by atoms with Gasteiger partial charge in [-0.2, -0.15) is 0 Å². The Hall–Kier alpha value is -3.67. The summed E-state index contributed by atoms with van der Waals surface area (Å²) in [5.74, 6) is 0.547. The molecule has 1 aromatic heterocycles. The van der Waals surface area contributed by atoms with Gasteiger partial charge in [-0.15, -0.1) is 0 Å². The van der Waals surface area contributed by atoms with Crippen LogP contribution < -0.4 is 9.64 Å². The Kier molecular flexibility index (Phi) is 5.98. The van der Waals surface area contributed by atoms with Crippen molar-refractivity contribution in [2.45, 2.75) is 32.5 Å². The van der Waals surface area contributed by atoms with E-state index in [9.17, 15) is 9.59 Å². The van der Waals surface area contributed by atoms with E-state index in [0.29, 0.717) is 6.54 Å². The van der Waals surface area contributed by atoms with Gasteiger partial charge < -0.3 is 14.5 Å². The number of hydrogen-bond acceptors (Lipinski definition) is 4. The van der Waals surface area contributed by atoms with Crippen molar-refractivity contribution in [3.05, 3.63) is 90.3 Å². The van der Waals surface area contributed by atoms with Crippen LogP contribution in [-0.4, -0.2) is 34.3 Å². The number of ether oxygens (including phenoxy) is 1. The van der Waals surface area contributed by atoms with Crippen molar-refractivity contribution < 1.29 is 14.3 Å². The molecule has 1 aliphatic rings. The first-order chi connectivity index (χ1) is 15.0. The van der Waals surface area contributed by atoms with E-state index in [1.807, 2.05) is 68.4 Å². The number of pyridine rings is 1. The zero-order chi connectivity index (χ0) is 21.8. The SMILES string of the molecule is CC(C)Oc1ccc(CN2C(=O)CN(c3ccccc3)C(=O)[C@H]2c2ccncc2)cc1. The molecular weight excluding hydrogens is 390 g/mol. The molecule has 31 heavy (non-hydrogen) atoms. The summed E-state index contributed by atoms with van der Waals surface area (Å²) in [5.41, 5.74) is 2.40. The summed E-state index contributed by atoms with van der Waals surface area (Å²) in [4.78, 5) is 34.0. The molecule has 2 aromatic carbocycles. The molecule has 1 atom stereocenters. The molecule has 3 aromatic rings. The summed E-state index contributed by atoms with van der Waals surface area (Å²) in [6, 6.07) is 19.8. The first-order valence-electron chi connectivity index (χ1n) is 10.3. The molecule has 2 amide bonds. The molecule has 0 saturated carbocycles. The van der Waals surface area contributed by atoms with E-state index in [2.05, 4.69) is 4.98 Å². The van der Waals surface area contributed by atoms with Crippen LogP contribution in [0.15, 0.2) is 79.1 Å². The molecular formula is C25H25N3O3. The molecule has 0 bridgehead atoms. The third-order valence-electron chi connectivity index (χ3n) is 5.16. The topological polar surface area (TPSA) is 62.7 Å². The second kappa shape index (κ2) is 9.00. The highest BCUT2D eigenvalue weighted by atomic mass is 16.5. The first-order valence-corrected chi connectivity index (χ1v) is 10.3. The van der Waals surface area contributed by atoms with Gasteiger partial charge in [-0.25, -0.2) is 0 Å². The summed E-state index contributed by atoms with van der Waals surface area (Å²) in [6.07, 6.45) is 3.38. The zero-order valence-electron chi connectivity index (χ0n) is 17.6. The lowest BCUT2D eigenvalue weighted by Gasteiger charge is -2.40. The summed E-state index contributed by atoms with van der Waals surface area (Å²) in [5, 5.41) is 0. The van der Waals surface area contributed by atoms with Crippen LogP contribution in [0.25, 0.3) is 0 Å². The molecule has 4 rings (SSSR count). The van der Waals surface area contributed by atoms with Gasteiger partial charge in [0.1, 0.15) is 18.3 Å². The number of aromatic nitrogens is 1. The molecule has 0 aliphatic carbocycles. The quantitative estimate of drug-likeness (QED) is 0.611. The Balaban J connectivity index is 1.64. The van der Waals surface area contributed by atoms with Crippen LogP contribution in [0, 0.1) is 0 Å². The van der Waals surface area contributed by atoms with Crippen LogP contribution in [0.4, 0.5) is 5.69 Å². The number of rotatable bonds is 6. The van der Waals surface area contributed by atoms with Crippen molar-refractivity contribution in [2.24, 2.45) is 0 Å². The smallest absolute Gasteiger partial charge is 0.254 e. The fourth-order valence-corrected chi connectivity index (χ4v) is 3.75. The normalized spacial score (nSPS) is 16.7. The number of benzene rings is 2. The van der Waals surface area contributed by atoms with E-state index in [4.69, 9.17) is 4.74 Å². The van der Waals surface area contributed by atoms with Gasteiger partial charge >= 0.3 is 0 Å². The van der Waals surface area contributed by atoms with E-state index in [0.717, 1.165) is 22.6 Å². The molecule has 1 fully saturated rings. The molecule has 0 radical (unpaired) electrons. The standard InChI is InChI=1S/C25H25N3O3/c1-18(2)31-22-10-8-19(9-11-22)16-28-23(29)17-27(21-6-4-3-5-7-21)25(30)24(28)20-12-14-26-15-13-20/h3-15,18,24H,16-17H2,1-2H3/t24-/m1/s1. The van der Waals surface area contributed by atoms with Gasteiger partial charge in [0, 0.05) is 24.6 Å². The Bertz CT molecular complexity index is 1040. The molecule has 1 saturated heterocycles. The lowest BCUT2D eigenvalue weighted by Crippen LogP contribution is -2.55. The Labute approximate surface area is 182 Å². The van der Waals surface area contributed by atoms with Crippen molar-refractivity contribution in [3.63, 3.8) is 0 Å². The zero-order valence-corrected chi connectivity index (χ0v) is 17.6. The lowest BCUT2D eigenvalue weighted by molar-refractivity contribution is -0.144. The highest BCUT2D eigenvalue weighted by Gasteiger charge is 2.40. The second-order valence-electron chi connectivity index (χ2n) is 7.78. The van der Waals surface area contributed by atoms with E-state index in [1.54, 1.807) is 34.3 Å². The van der Waals surface area contributed by atoms with Crippen LogP contribution in [0.1, 0.15) is 31.0 Å². The van der Waals surface area contributed by atoms with Gasteiger partial charge in [0.25, 0.3) is 5.91 Å². The fraction of sp³-hybridized carbons (Fsp3) is 0.240. The Morgan fingerprint density at radius 1 is 0.968 bits per heavy atom. The maximum absolute atomic E-state index is 13.5. The van der Waals surface area contributed by atoms with Crippen molar-refractivity contribution in [1.82, 2.24) is 9.88 Å². The van der Waals surface area contributed by atoms with Crippen LogP contribution >= 0.6 is 0 Å². The summed E-state index contributed by atoms with van der Waals surface area (Å²) >= 11 is 0. The number of piperazine rings is 1. The van der Waals surface area contributed by atoms with E-state index >= 15 is 0 Å². The number of amides is 2. The van der Waals surface area contributed by atoms with Crippen LogP contribution in [0.2, 0.25) is 0 Å². The van der Waals surface area contributed by atoms with E-state index in [-0.39, 0.29) is 24.5 Å².